The van der Waals surface area contributed by atoms with E-state index < -0.39 is 5.69 Å². The van der Waals surface area contributed by atoms with E-state index in [1.165, 1.54) is 6.08 Å². The van der Waals surface area contributed by atoms with Gasteiger partial charge in [-0.25, -0.2) is 14.3 Å². The number of rotatable bonds is 4. The summed E-state index contributed by atoms with van der Waals surface area (Å²) in [5.41, 5.74) is 6.36. The SMILES string of the molecule is C=CC(=O)N1CC2CCN(C)c3c(Cl)c(-c4c(C)ccc5[nH]ncc45)nc4c3c(nc(=O)n4-c3c(C)ccnc3C(C)C)N2CC1C. The summed E-state index contributed by atoms with van der Waals surface area (Å²) in [6, 6.07) is 5.71. The van der Waals surface area contributed by atoms with Crippen molar-refractivity contribution in [3.63, 3.8) is 0 Å². The Morgan fingerprint density at radius 3 is 2.66 bits per heavy atom. The van der Waals surface area contributed by atoms with Gasteiger partial charge in [0.25, 0.3) is 0 Å². The molecule has 0 aliphatic carbocycles. The largest absolute Gasteiger partial charge is 0.373 e. The highest BCUT2D eigenvalue weighted by molar-refractivity contribution is 6.38. The maximum atomic E-state index is 14.5. The average molecular weight is 652 g/mol. The maximum Gasteiger partial charge on any atom is 0.355 e. The molecule has 6 heterocycles. The number of aromatic nitrogens is 6. The lowest BCUT2D eigenvalue weighted by atomic mass is 9.97. The number of benzene rings is 1. The number of nitrogens with zero attached hydrogens (tertiary/aromatic N) is 8. The number of carbonyl (C=O) groups excluding carboxylic acids is 1. The first kappa shape index (κ1) is 30.9. The second kappa shape index (κ2) is 11.5. The number of fused-ring (bicyclic) bond motifs is 3. The highest BCUT2D eigenvalue weighted by Crippen LogP contribution is 2.47. The van der Waals surface area contributed by atoms with Crippen LogP contribution in [0.4, 0.5) is 11.5 Å². The van der Waals surface area contributed by atoms with Crippen molar-refractivity contribution in [2.24, 2.45) is 0 Å². The Balaban J connectivity index is 1.62. The topological polar surface area (TPSA) is 116 Å². The van der Waals surface area contributed by atoms with Crippen molar-refractivity contribution in [1.29, 1.82) is 0 Å². The number of carbonyl (C=O) groups is 1. The number of anilines is 2. The van der Waals surface area contributed by atoms with Gasteiger partial charge in [0.2, 0.25) is 5.91 Å². The van der Waals surface area contributed by atoms with Crippen LogP contribution in [0.1, 0.15) is 49.9 Å². The highest BCUT2D eigenvalue weighted by Gasteiger charge is 2.39. The molecular weight excluding hydrogens is 614 g/mol. The lowest BCUT2D eigenvalue weighted by Crippen LogP contribution is -2.60. The van der Waals surface area contributed by atoms with Crippen molar-refractivity contribution in [2.75, 3.05) is 36.5 Å². The molecule has 2 atom stereocenters. The van der Waals surface area contributed by atoms with Crippen LogP contribution in [0.5, 0.6) is 0 Å². The lowest BCUT2D eigenvalue weighted by Gasteiger charge is -2.47. The van der Waals surface area contributed by atoms with Gasteiger partial charge in [0, 0.05) is 55.9 Å². The first-order valence-electron chi connectivity index (χ1n) is 16.0. The standard InChI is InChI=1S/C35H38ClN9O2/c1-8-25(46)43-17-22-12-14-42(7)32-27-33(44(22)16-21(43)6)40-35(47)45(31-20(5)11-13-37-29(31)18(2)3)34(27)39-30(28(32)36)26-19(4)9-10-24-23(26)15-38-41-24/h8-11,13,15,18,21-22H,1,12,14,16-17H2,2-7H3,(H,38,41). The van der Waals surface area contributed by atoms with Gasteiger partial charge in [-0.2, -0.15) is 10.1 Å². The molecular formula is C35H38ClN9O2. The molecule has 2 aliphatic heterocycles. The predicted octanol–water partition coefficient (Wildman–Crippen LogP) is 5.54. The van der Waals surface area contributed by atoms with E-state index in [2.05, 4.69) is 40.4 Å². The third-order valence-corrected chi connectivity index (χ3v) is 10.0. The molecule has 0 bridgehead atoms. The van der Waals surface area contributed by atoms with Crippen LogP contribution in [0.15, 0.2) is 48.0 Å². The van der Waals surface area contributed by atoms with E-state index in [0.717, 1.165) is 45.4 Å². The van der Waals surface area contributed by atoms with Crippen molar-refractivity contribution in [1.82, 2.24) is 34.6 Å². The molecule has 1 amide bonds. The molecule has 242 valence electrons. The van der Waals surface area contributed by atoms with E-state index in [0.29, 0.717) is 52.9 Å². The number of amides is 1. The summed E-state index contributed by atoms with van der Waals surface area (Å²) in [6.07, 6.45) is 5.65. The summed E-state index contributed by atoms with van der Waals surface area (Å²) in [6.45, 7) is 15.5. The Labute approximate surface area is 277 Å². The summed E-state index contributed by atoms with van der Waals surface area (Å²) < 4.78 is 1.62. The number of hydrogen-bond donors (Lipinski definition) is 1. The van der Waals surface area contributed by atoms with Crippen molar-refractivity contribution < 1.29 is 4.79 Å². The molecule has 0 spiro atoms. The van der Waals surface area contributed by atoms with Crippen LogP contribution in [-0.2, 0) is 4.79 Å². The molecule has 1 fully saturated rings. The molecule has 5 aromatic rings. The van der Waals surface area contributed by atoms with Crippen LogP contribution in [-0.4, -0.2) is 79.3 Å². The molecule has 1 saturated heterocycles. The van der Waals surface area contributed by atoms with E-state index in [-0.39, 0.29) is 23.9 Å². The molecule has 47 heavy (non-hydrogen) atoms. The van der Waals surface area contributed by atoms with Gasteiger partial charge in [0.05, 0.1) is 44.9 Å². The van der Waals surface area contributed by atoms with Crippen LogP contribution in [0.3, 0.4) is 0 Å². The molecule has 7 rings (SSSR count). The van der Waals surface area contributed by atoms with Gasteiger partial charge in [-0.15, -0.1) is 0 Å². The molecule has 1 N–H and O–H groups in total. The summed E-state index contributed by atoms with van der Waals surface area (Å²) in [5.74, 6) is 0.451. The van der Waals surface area contributed by atoms with Crippen LogP contribution >= 0.6 is 11.6 Å². The van der Waals surface area contributed by atoms with Crippen LogP contribution in [0.2, 0.25) is 5.02 Å². The van der Waals surface area contributed by atoms with Gasteiger partial charge in [-0.05, 0) is 62.4 Å². The zero-order valence-electron chi connectivity index (χ0n) is 27.5. The molecule has 4 aromatic heterocycles. The second-order valence-corrected chi connectivity index (χ2v) is 13.4. The minimum atomic E-state index is -0.449. The number of aryl methyl sites for hydroxylation is 2. The Bertz CT molecular complexity index is 2150. The number of H-pyrrole nitrogens is 1. The first-order valence-corrected chi connectivity index (χ1v) is 16.4. The number of nitrogens with one attached hydrogen (secondary N) is 1. The predicted molar refractivity (Wildman–Crippen MR) is 187 cm³/mol. The van der Waals surface area contributed by atoms with Crippen molar-refractivity contribution in [2.45, 2.75) is 59.0 Å². The molecule has 11 nitrogen and oxygen atoms in total. The zero-order chi connectivity index (χ0) is 33.3. The first-order chi connectivity index (χ1) is 22.5. The van der Waals surface area contributed by atoms with Crippen molar-refractivity contribution in [3.8, 4) is 16.9 Å². The van der Waals surface area contributed by atoms with E-state index in [4.69, 9.17) is 26.6 Å². The number of pyridine rings is 2. The summed E-state index contributed by atoms with van der Waals surface area (Å²) in [4.78, 5) is 48.4. The molecule has 0 radical (unpaired) electrons. The minimum Gasteiger partial charge on any atom is -0.373 e. The number of hydrogen-bond acceptors (Lipinski definition) is 8. The Morgan fingerprint density at radius 2 is 1.91 bits per heavy atom. The van der Waals surface area contributed by atoms with Crippen LogP contribution in [0, 0.1) is 13.8 Å². The number of halogens is 1. The fourth-order valence-electron chi connectivity index (χ4n) is 7.28. The highest BCUT2D eigenvalue weighted by atomic mass is 35.5. The summed E-state index contributed by atoms with van der Waals surface area (Å²) >= 11 is 7.48. The smallest absolute Gasteiger partial charge is 0.355 e. The zero-order valence-corrected chi connectivity index (χ0v) is 28.3. The normalized spacial score (nSPS) is 18.1. The second-order valence-electron chi connectivity index (χ2n) is 13.0. The lowest BCUT2D eigenvalue weighted by molar-refractivity contribution is -0.128. The van der Waals surface area contributed by atoms with Crippen LogP contribution < -0.4 is 15.5 Å². The molecule has 0 saturated carbocycles. The van der Waals surface area contributed by atoms with Crippen LogP contribution in [0.25, 0.3) is 38.9 Å². The van der Waals surface area contributed by atoms with Gasteiger partial charge in [-0.1, -0.05) is 38.1 Å². The van der Waals surface area contributed by atoms with Crippen molar-refractivity contribution in [3.05, 3.63) is 75.6 Å². The minimum absolute atomic E-state index is 0.0296. The molecule has 2 unspecified atom stereocenters. The molecule has 1 aromatic carbocycles. The van der Waals surface area contributed by atoms with Gasteiger partial charge < -0.3 is 14.7 Å². The van der Waals surface area contributed by atoms with Gasteiger partial charge in [0.1, 0.15) is 5.82 Å². The fraction of sp³-hybridized carbons (Fsp3) is 0.371. The third-order valence-electron chi connectivity index (χ3n) is 9.67. The van der Waals surface area contributed by atoms with Gasteiger partial charge in [0.15, 0.2) is 5.65 Å². The van der Waals surface area contributed by atoms with E-state index in [1.807, 2.05) is 50.9 Å². The monoisotopic (exact) mass is 651 g/mol. The third kappa shape index (κ3) is 4.78. The number of aromatic amines is 1. The van der Waals surface area contributed by atoms with Gasteiger partial charge >= 0.3 is 5.69 Å². The summed E-state index contributed by atoms with van der Waals surface area (Å²) in [7, 11) is 2.01. The maximum absolute atomic E-state index is 14.5. The van der Waals surface area contributed by atoms with E-state index in [9.17, 15) is 9.59 Å². The Hall–Kier alpha value is -4.77. The van der Waals surface area contributed by atoms with E-state index >= 15 is 0 Å². The number of piperazine rings is 1. The average Bonchev–Trinajstić information content (AvgIpc) is 3.52. The Kier molecular flexibility index (Phi) is 7.54. The molecule has 2 aliphatic rings. The quantitative estimate of drug-likeness (QED) is 0.252. The Morgan fingerprint density at radius 1 is 1.13 bits per heavy atom. The van der Waals surface area contributed by atoms with Crippen molar-refractivity contribution >= 4 is 50.9 Å². The molecule has 12 heteroatoms. The van der Waals surface area contributed by atoms with E-state index in [1.54, 1.807) is 17.0 Å². The van der Waals surface area contributed by atoms with Gasteiger partial charge in [-0.3, -0.25) is 14.9 Å². The fourth-order valence-corrected chi connectivity index (χ4v) is 7.65. The summed E-state index contributed by atoms with van der Waals surface area (Å²) in [5, 5.41) is 9.43.